The van der Waals surface area contributed by atoms with E-state index in [0.29, 0.717) is 6.04 Å². The van der Waals surface area contributed by atoms with E-state index in [9.17, 15) is 0 Å². The van der Waals surface area contributed by atoms with Gasteiger partial charge in [0.2, 0.25) is 0 Å². The van der Waals surface area contributed by atoms with E-state index in [-0.39, 0.29) is 0 Å². The Morgan fingerprint density at radius 2 is 2.40 bits per heavy atom. The van der Waals surface area contributed by atoms with Crippen molar-refractivity contribution in [1.82, 2.24) is 10.6 Å². The minimum atomic E-state index is 0.704. The van der Waals surface area contributed by atoms with Crippen molar-refractivity contribution in [2.75, 3.05) is 19.6 Å². The third-order valence-corrected chi connectivity index (χ3v) is 2.33. The van der Waals surface area contributed by atoms with E-state index in [4.69, 9.17) is 0 Å². The minimum absolute atomic E-state index is 0.704. The lowest BCUT2D eigenvalue weighted by Gasteiger charge is -2.30. The van der Waals surface area contributed by atoms with Crippen molar-refractivity contribution >= 4 is 0 Å². The molecule has 0 amide bonds. The van der Waals surface area contributed by atoms with Crippen LogP contribution in [0.15, 0.2) is 11.6 Å². The van der Waals surface area contributed by atoms with Crippen LogP contribution in [0.2, 0.25) is 0 Å². The van der Waals surface area contributed by atoms with Crippen LogP contribution in [0.4, 0.5) is 0 Å². The van der Waals surface area contributed by atoms with Gasteiger partial charge in [-0.3, -0.25) is 0 Å². The maximum atomic E-state index is 3.51. The SMILES string of the molecule is C1=C2CNCCC2NCC1. The van der Waals surface area contributed by atoms with Crippen LogP contribution in [0.1, 0.15) is 12.8 Å². The van der Waals surface area contributed by atoms with Crippen LogP contribution in [0.25, 0.3) is 0 Å². The van der Waals surface area contributed by atoms with Gasteiger partial charge in [0.15, 0.2) is 0 Å². The van der Waals surface area contributed by atoms with Crippen molar-refractivity contribution in [2.45, 2.75) is 18.9 Å². The van der Waals surface area contributed by atoms with Crippen LogP contribution in [0, 0.1) is 0 Å². The highest BCUT2D eigenvalue weighted by molar-refractivity contribution is 5.17. The average molecular weight is 138 g/mol. The second-order valence-electron chi connectivity index (χ2n) is 3.04. The summed E-state index contributed by atoms with van der Waals surface area (Å²) in [4.78, 5) is 0. The molecule has 1 saturated heterocycles. The lowest BCUT2D eigenvalue weighted by molar-refractivity contribution is 0.450. The quantitative estimate of drug-likeness (QED) is 0.469. The highest BCUT2D eigenvalue weighted by atomic mass is 15.0. The molecule has 2 N–H and O–H groups in total. The first-order valence-electron chi connectivity index (χ1n) is 4.10. The first-order valence-corrected chi connectivity index (χ1v) is 4.10. The van der Waals surface area contributed by atoms with Crippen molar-refractivity contribution in [1.29, 1.82) is 0 Å². The van der Waals surface area contributed by atoms with Gasteiger partial charge in [0.25, 0.3) is 0 Å². The zero-order valence-corrected chi connectivity index (χ0v) is 6.19. The van der Waals surface area contributed by atoms with Crippen LogP contribution < -0.4 is 10.6 Å². The van der Waals surface area contributed by atoms with Crippen molar-refractivity contribution < 1.29 is 0 Å². The summed E-state index contributed by atoms with van der Waals surface area (Å²) in [5.41, 5.74) is 1.58. The summed E-state index contributed by atoms with van der Waals surface area (Å²) < 4.78 is 0. The zero-order chi connectivity index (χ0) is 6.81. The Balaban J connectivity index is 2.08. The Kier molecular flexibility index (Phi) is 1.74. The molecule has 0 aromatic carbocycles. The molecule has 1 atom stereocenters. The molecule has 1 unspecified atom stereocenters. The van der Waals surface area contributed by atoms with Gasteiger partial charge in [-0.25, -0.2) is 0 Å². The van der Waals surface area contributed by atoms with Crippen molar-refractivity contribution in [3.8, 4) is 0 Å². The largest absolute Gasteiger partial charge is 0.313 e. The minimum Gasteiger partial charge on any atom is -0.313 e. The smallest absolute Gasteiger partial charge is 0.0304 e. The predicted molar refractivity (Wildman–Crippen MR) is 42.0 cm³/mol. The van der Waals surface area contributed by atoms with Crippen molar-refractivity contribution in [2.24, 2.45) is 0 Å². The van der Waals surface area contributed by atoms with E-state index in [0.717, 1.165) is 6.54 Å². The molecule has 0 aromatic heterocycles. The second kappa shape index (κ2) is 2.72. The fourth-order valence-electron chi connectivity index (χ4n) is 1.75. The van der Waals surface area contributed by atoms with Crippen LogP contribution in [-0.2, 0) is 0 Å². The fourth-order valence-corrected chi connectivity index (χ4v) is 1.75. The topological polar surface area (TPSA) is 24.1 Å². The number of fused-ring (bicyclic) bond motifs is 1. The molecule has 56 valence electrons. The number of rotatable bonds is 0. The van der Waals surface area contributed by atoms with Gasteiger partial charge in [-0.15, -0.1) is 0 Å². The standard InChI is InChI=1S/C8H14N2/c1-2-7-6-9-5-3-8(7)10-4-1/h2,8-10H,1,3-6H2. The first kappa shape index (κ1) is 6.38. The van der Waals surface area contributed by atoms with Gasteiger partial charge in [-0.1, -0.05) is 6.08 Å². The molecule has 2 heterocycles. The lowest BCUT2D eigenvalue weighted by atomic mass is 9.96. The van der Waals surface area contributed by atoms with E-state index in [2.05, 4.69) is 16.7 Å². The Bertz CT molecular complexity index is 151. The molecule has 2 rings (SSSR count). The molecule has 0 aliphatic carbocycles. The fraction of sp³-hybridized carbons (Fsp3) is 0.750. The molecule has 0 spiro atoms. The van der Waals surface area contributed by atoms with Crippen molar-refractivity contribution in [3.05, 3.63) is 11.6 Å². The normalized spacial score (nSPS) is 32.8. The number of nitrogens with one attached hydrogen (secondary N) is 2. The Morgan fingerprint density at radius 1 is 1.40 bits per heavy atom. The van der Waals surface area contributed by atoms with E-state index in [1.807, 2.05) is 0 Å². The first-order chi connectivity index (χ1) is 4.97. The maximum Gasteiger partial charge on any atom is 0.0304 e. The van der Waals surface area contributed by atoms with E-state index < -0.39 is 0 Å². The van der Waals surface area contributed by atoms with Gasteiger partial charge in [0.05, 0.1) is 0 Å². The van der Waals surface area contributed by atoms with E-state index in [1.165, 1.54) is 25.9 Å². The number of hydrogen-bond acceptors (Lipinski definition) is 2. The summed E-state index contributed by atoms with van der Waals surface area (Å²) in [7, 11) is 0. The van der Waals surface area contributed by atoms with Crippen LogP contribution in [-0.4, -0.2) is 25.7 Å². The van der Waals surface area contributed by atoms with E-state index in [1.54, 1.807) is 5.57 Å². The van der Waals surface area contributed by atoms with Gasteiger partial charge in [0, 0.05) is 12.6 Å². The molecular weight excluding hydrogens is 124 g/mol. The monoisotopic (exact) mass is 138 g/mol. The maximum absolute atomic E-state index is 3.51. The summed E-state index contributed by atoms with van der Waals surface area (Å²) in [6.45, 7) is 3.46. The van der Waals surface area contributed by atoms with Gasteiger partial charge in [-0.05, 0) is 31.5 Å². The molecule has 10 heavy (non-hydrogen) atoms. The molecule has 0 saturated carbocycles. The van der Waals surface area contributed by atoms with Crippen LogP contribution in [0.3, 0.4) is 0 Å². The average Bonchev–Trinajstić information content (AvgIpc) is 2.05. The summed E-state index contributed by atoms with van der Waals surface area (Å²) in [6.07, 6.45) is 4.87. The highest BCUT2D eigenvalue weighted by Crippen LogP contribution is 2.13. The molecule has 2 aliphatic rings. The number of hydrogen-bond donors (Lipinski definition) is 2. The Labute approximate surface area is 61.7 Å². The Hall–Kier alpha value is -0.340. The van der Waals surface area contributed by atoms with Crippen molar-refractivity contribution in [3.63, 3.8) is 0 Å². The third kappa shape index (κ3) is 1.09. The predicted octanol–water partition coefficient (Wildman–Crippen LogP) is 0.268. The highest BCUT2D eigenvalue weighted by Gasteiger charge is 2.19. The van der Waals surface area contributed by atoms with Gasteiger partial charge in [0.1, 0.15) is 0 Å². The zero-order valence-electron chi connectivity index (χ0n) is 6.19. The molecule has 0 aromatic rings. The molecular formula is C8H14N2. The van der Waals surface area contributed by atoms with Gasteiger partial charge >= 0.3 is 0 Å². The molecule has 0 radical (unpaired) electrons. The summed E-state index contributed by atoms with van der Waals surface area (Å²) in [5.74, 6) is 0. The van der Waals surface area contributed by atoms with Gasteiger partial charge < -0.3 is 10.6 Å². The summed E-state index contributed by atoms with van der Waals surface area (Å²) in [5, 5.41) is 6.89. The molecule has 1 fully saturated rings. The number of piperidine rings is 1. The molecule has 2 heteroatoms. The third-order valence-electron chi connectivity index (χ3n) is 2.33. The summed E-state index contributed by atoms with van der Waals surface area (Å²) in [6, 6.07) is 0.704. The van der Waals surface area contributed by atoms with Crippen LogP contribution >= 0.6 is 0 Å². The second-order valence-corrected chi connectivity index (χ2v) is 3.04. The Morgan fingerprint density at radius 3 is 3.30 bits per heavy atom. The van der Waals surface area contributed by atoms with Gasteiger partial charge in [-0.2, -0.15) is 0 Å². The molecule has 2 nitrogen and oxygen atoms in total. The lowest BCUT2D eigenvalue weighted by Crippen LogP contribution is -2.44. The molecule has 2 aliphatic heterocycles. The summed E-state index contributed by atoms with van der Waals surface area (Å²) >= 11 is 0. The van der Waals surface area contributed by atoms with E-state index >= 15 is 0 Å². The molecule has 0 bridgehead atoms. The van der Waals surface area contributed by atoms with Crippen LogP contribution in [0.5, 0.6) is 0 Å².